The second-order valence-electron chi connectivity index (χ2n) is 13.9. The van der Waals surface area contributed by atoms with Gasteiger partial charge in [0.2, 0.25) is 0 Å². The second-order valence-corrected chi connectivity index (χ2v) is 13.9. The van der Waals surface area contributed by atoms with Gasteiger partial charge in [0.1, 0.15) is 13.2 Å². The molecule has 2 fully saturated rings. The van der Waals surface area contributed by atoms with Crippen molar-refractivity contribution >= 4 is 11.9 Å². The molecule has 0 aromatic carbocycles. The van der Waals surface area contributed by atoms with Crippen molar-refractivity contribution in [3.05, 3.63) is 0 Å². The monoisotopic (exact) mass is 639 g/mol. The highest BCUT2D eigenvalue weighted by Crippen LogP contribution is 2.38. The molecule has 0 saturated heterocycles. The Balaban J connectivity index is -0.000000107. The molecular formula is C38H86O6. The molecule has 2 saturated carbocycles. The second kappa shape index (κ2) is 30.5. The molecule has 1 N–H and O–H groups in total. The van der Waals surface area contributed by atoms with E-state index in [-0.39, 0.29) is 77.1 Å². The highest BCUT2D eigenvalue weighted by atomic mass is 16.6. The van der Waals surface area contributed by atoms with Crippen LogP contribution in [0.2, 0.25) is 0 Å². The van der Waals surface area contributed by atoms with Crippen LogP contribution in [0.4, 0.5) is 0 Å². The maximum absolute atomic E-state index is 11.6. The summed E-state index contributed by atoms with van der Waals surface area (Å²) < 4.78 is 14.9. The van der Waals surface area contributed by atoms with E-state index in [1.54, 1.807) is 7.11 Å². The maximum Gasteiger partial charge on any atom is 0.306 e. The SMILES string of the molecule is C.C.C.C.C.C.C.CC(C)(C)CC1CCC(CC(=O)OCCO)CC1.COCCOC(=O)CC1CCC(CC(C)(C)C)CC1. The van der Waals surface area contributed by atoms with Gasteiger partial charge in [0.05, 0.1) is 13.2 Å². The third-order valence-corrected chi connectivity index (χ3v) is 7.55. The number of hydrogen-bond donors (Lipinski definition) is 1. The molecular weight excluding hydrogens is 552 g/mol. The molecule has 0 amide bonds. The molecule has 274 valence electrons. The standard InChI is InChI=1S/C16H30O3.C15H28O3.7CH4/c1-16(2,3)12-14-7-5-13(6-8-14)11-15(17)19-10-9-18-4;1-15(2,3)11-13-6-4-12(5-7-13)10-14(17)18-9-8-16;;;;;;;/h13-14H,5-12H2,1-4H3;12-13,16H,4-11H2,1-3H3;7*1H4. The third kappa shape index (κ3) is 30.9. The number of hydrogen-bond acceptors (Lipinski definition) is 6. The van der Waals surface area contributed by atoms with Crippen LogP contribution in [0.15, 0.2) is 0 Å². The molecule has 2 aliphatic rings. The molecule has 0 spiro atoms. The van der Waals surface area contributed by atoms with Gasteiger partial charge in [-0.1, -0.05) is 119 Å². The fourth-order valence-corrected chi connectivity index (χ4v) is 6.00. The normalized spacial score (nSPS) is 20.6. The number of carbonyl (C=O) groups excluding carboxylic acids is 2. The molecule has 0 atom stereocenters. The molecule has 6 nitrogen and oxygen atoms in total. The van der Waals surface area contributed by atoms with Crippen LogP contribution >= 0.6 is 0 Å². The number of ether oxygens (including phenoxy) is 3. The highest BCUT2D eigenvalue weighted by Gasteiger charge is 2.27. The van der Waals surface area contributed by atoms with Gasteiger partial charge in [-0.25, -0.2) is 0 Å². The van der Waals surface area contributed by atoms with Crippen LogP contribution in [0.5, 0.6) is 0 Å². The van der Waals surface area contributed by atoms with Gasteiger partial charge in [-0.05, 0) is 73.0 Å². The van der Waals surface area contributed by atoms with E-state index in [1.165, 1.54) is 51.4 Å². The van der Waals surface area contributed by atoms with Crippen LogP contribution in [0, 0.1) is 34.5 Å². The van der Waals surface area contributed by atoms with Crippen molar-refractivity contribution < 1.29 is 28.9 Å². The fraction of sp³-hybridized carbons (Fsp3) is 0.947. The summed E-state index contributed by atoms with van der Waals surface area (Å²) in [5.74, 6) is 2.49. The smallest absolute Gasteiger partial charge is 0.306 e. The van der Waals surface area contributed by atoms with Crippen LogP contribution in [-0.4, -0.2) is 50.6 Å². The van der Waals surface area contributed by atoms with Crippen molar-refractivity contribution in [2.75, 3.05) is 33.5 Å². The number of aliphatic hydroxyl groups excluding tert-OH is 1. The van der Waals surface area contributed by atoms with E-state index >= 15 is 0 Å². The summed E-state index contributed by atoms with van der Waals surface area (Å²) in [5, 5.41) is 8.59. The molecule has 0 unspecified atom stereocenters. The number of carbonyl (C=O) groups is 2. The lowest BCUT2D eigenvalue weighted by atomic mass is 9.74. The van der Waals surface area contributed by atoms with Gasteiger partial charge in [0.15, 0.2) is 0 Å². The minimum Gasteiger partial charge on any atom is -0.463 e. The van der Waals surface area contributed by atoms with Crippen molar-refractivity contribution in [3.63, 3.8) is 0 Å². The largest absolute Gasteiger partial charge is 0.463 e. The average Bonchev–Trinajstić information content (AvgIpc) is 2.79. The van der Waals surface area contributed by atoms with Gasteiger partial charge in [0, 0.05) is 20.0 Å². The first-order chi connectivity index (χ1) is 17.3. The first-order valence-electron chi connectivity index (χ1n) is 14.7. The minimum absolute atomic E-state index is 0. The van der Waals surface area contributed by atoms with E-state index < -0.39 is 0 Å². The zero-order chi connectivity index (χ0) is 27.9. The van der Waals surface area contributed by atoms with Gasteiger partial charge >= 0.3 is 11.9 Å². The minimum atomic E-state index is -0.150. The number of rotatable bonds is 11. The van der Waals surface area contributed by atoms with Crippen molar-refractivity contribution in [3.8, 4) is 0 Å². The molecule has 0 bridgehead atoms. The van der Waals surface area contributed by atoms with E-state index in [0.29, 0.717) is 48.7 Å². The van der Waals surface area contributed by atoms with E-state index in [1.807, 2.05) is 0 Å². The first kappa shape index (κ1) is 58.4. The zero-order valence-corrected chi connectivity index (χ0v) is 25.1. The molecule has 2 aliphatic carbocycles. The maximum atomic E-state index is 11.6. The van der Waals surface area contributed by atoms with Crippen molar-refractivity contribution in [2.45, 2.75) is 171 Å². The summed E-state index contributed by atoms with van der Waals surface area (Å²) in [6.07, 6.45) is 13.4. The third-order valence-electron chi connectivity index (χ3n) is 7.55. The lowest BCUT2D eigenvalue weighted by molar-refractivity contribution is -0.147. The average molecular weight is 639 g/mol. The van der Waals surface area contributed by atoms with Gasteiger partial charge in [-0.3, -0.25) is 9.59 Å². The topological polar surface area (TPSA) is 82.1 Å². The zero-order valence-electron chi connectivity index (χ0n) is 25.1. The van der Waals surface area contributed by atoms with Crippen molar-refractivity contribution in [1.82, 2.24) is 0 Å². The predicted molar refractivity (Wildman–Crippen MR) is 196 cm³/mol. The molecule has 0 aromatic heterocycles. The Bertz CT molecular complexity index is 618. The number of esters is 2. The van der Waals surface area contributed by atoms with Gasteiger partial charge in [0.25, 0.3) is 0 Å². The first-order valence-corrected chi connectivity index (χ1v) is 14.7. The number of aliphatic hydroxyl groups is 1. The Kier molecular flexibility index (Phi) is 40.5. The highest BCUT2D eigenvalue weighted by molar-refractivity contribution is 5.70. The molecule has 0 aliphatic heterocycles. The molecule has 0 aromatic rings. The van der Waals surface area contributed by atoms with Gasteiger partial charge in [-0.2, -0.15) is 0 Å². The summed E-state index contributed by atoms with van der Waals surface area (Å²) in [7, 11) is 1.62. The van der Waals surface area contributed by atoms with Crippen LogP contribution in [-0.2, 0) is 23.8 Å². The van der Waals surface area contributed by atoms with Crippen molar-refractivity contribution in [1.29, 1.82) is 0 Å². The summed E-state index contributed by atoms with van der Waals surface area (Å²) in [6, 6.07) is 0. The summed E-state index contributed by atoms with van der Waals surface area (Å²) in [4.78, 5) is 23.1. The Labute approximate surface area is 279 Å². The van der Waals surface area contributed by atoms with E-state index in [9.17, 15) is 9.59 Å². The van der Waals surface area contributed by atoms with Gasteiger partial charge in [-0.15, -0.1) is 0 Å². The van der Waals surface area contributed by atoms with E-state index in [4.69, 9.17) is 19.3 Å². The summed E-state index contributed by atoms with van der Waals surface area (Å²) in [5.41, 5.74) is 0.841. The lowest BCUT2D eigenvalue weighted by Crippen LogP contribution is -2.22. The van der Waals surface area contributed by atoms with E-state index in [2.05, 4.69) is 41.5 Å². The Hall–Kier alpha value is -1.14. The molecule has 0 radical (unpaired) electrons. The van der Waals surface area contributed by atoms with E-state index in [0.717, 1.165) is 24.7 Å². The molecule has 6 heteroatoms. The molecule has 0 heterocycles. The quantitative estimate of drug-likeness (QED) is 0.179. The Morgan fingerprint density at radius 3 is 1.11 bits per heavy atom. The molecule has 2 rings (SSSR count). The Morgan fingerprint density at radius 1 is 0.545 bits per heavy atom. The van der Waals surface area contributed by atoms with Crippen LogP contribution in [0.1, 0.15) is 171 Å². The summed E-state index contributed by atoms with van der Waals surface area (Å²) >= 11 is 0. The lowest BCUT2D eigenvalue weighted by Gasteiger charge is -2.32. The van der Waals surface area contributed by atoms with Crippen LogP contribution in [0.25, 0.3) is 0 Å². The van der Waals surface area contributed by atoms with Crippen molar-refractivity contribution in [2.24, 2.45) is 34.5 Å². The van der Waals surface area contributed by atoms with Gasteiger partial charge < -0.3 is 19.3 Å². The van der Waals surface area contributed by atoms with Crippen LogP contribution < -0.4 is 0 Å². The molecule has 44 heavy (non-hydrogen) atoms. The number of methoxy groups -OCH3 is 1. The summed E-state index contributed by atoms with van der Waals surface area (Å²) in [6.45, 7) is 14.8. The fourth-order valence-electron chi connectivity index (χ4n) is 6.00. The predicted octanol–water partition coefficient (Wildman–Crippen LogP) is 11.4. The Morgan fingerprint density at radius 2 is 0.841 bits per heavy atom. The van der Waals surface area contributed by atoms with Crippen LogP contribution in [0.3, 0.4) is 0 Å².